The highest BCUT2D eigenvalue weighted by Gasteiger charge is 2.15. The molecule has 0 amide bonds. The van der Waals surface area contributed by atoms with Gasteiger partial charge in [0.1, 0.15) is 44.9 Å². The number of nitrogens with zero attached hydrogens (tertiary/aromatic N) is 8. The van der Waals surface area contributed by atoms with Crippen molar-refractivity contribution in [1.82, 2.24) is 0 Å². The van der Waals surface area contributed by atoms with E-state index in [4.69, 9.17) is 52.1 Å². The van der Waals surface area contributed by atoms with Crippen molar-refractivity contribution in [3.8, 4) is 23.0 Å². The summed E-state index contributed by atoms with van der Waals surface area (Å²) < 4.78 is 126. The van der Waals surface area contributed by atoms with Gasteiger partial charge in [-0.15, -0.1) is 58.3 Å². The van der Waals surface area contributed by atoms with Crippen LogP contribution in [0.1, 0.15) is 25.3 Å². The molecular formula is C47H43N9O16S4. The average Bonchev–Trinajstić information content (AvgIpc) is 3.37. The number of phenols is 1. The average molecular weight is 1120 g/mol. The van der Waals surface area contributed by atoms with E-state index in [0.29, 0.717) is 63.3 Å². The zero-order chi connectivity index (χ0) is 55.8. The van der Waals surface area contributed by atoms with E-state index < -0.39 is 41.9 Å². The fourth-order valence-corrected chi connectivity index (χ4v) is 6.84. The molecule has 76 heavy (non-hydrogen) atoms. The van der Waals surface area contributed by atoms with Crippen LogP contribution in [0.25, 0.3) is 10.8 Å². The molecule has 7 aromatic rings. The van der Waals surface area contributed by atoms with Crippen LogP contribution in [0.4, 0.5) is 56.9 Å². The number of phenolic OH excluding ortho intramolecular Hbond substituents is 1. The van der Waals surface area contributed by atoms with Gasteiger partial charge in [-0.05, 0) is 127 Å². The summed E-state index contributed by atoms with van der Waals surface area (Å²) in [7, 11) is -10.7. The molecule has 0 aliphatic rings. The highest BCUT2D eigenvalue weighted by atomic mass is 32.2. The van der Waals surface area contributed by atoms with Gasteiger partial charge >= 0.3 is 31.8 Å². The third-order valence-electron chi connectivity index (χ3n) is 9.62. The number of anilines is 2. The lowest BCUT2D eigenvalue weighted by Gasteiger charge is -2.10. The number of azo groups is 4. The van der Waals surface area contributed by atoms with Crippen LogP contribution in [0, 0.1) is 6.92 Å². The van der Waals surface area contributed by atoms with Crippen LogP contribution in [-0.4, -0.2) is 76.8 Å². The number of hydrogen-bond donors (Lipinski definition) is 3. The molecule has 0 saturated carbocycles. The van der Waals surface area contributed by atoms with Crippen molar-refractivity contribution >= 4 is 110 Å². The highest BCUT2D eigenvalue weighted by molar-refractivity contribution is 7.86. The number of nitrogens with one attached hydrogen (secondary N) is 1. The van der Waals surface area contributed by atoms with Crippen LogP contribution in [0.2, 0.25) is 0 Å². The molecule has 0 saturated heterocycles. The summed E-state index contributed by atoms with van der Waals surface area (Å²) in [5, 5.41) is 50.5. The molecule has 0 aliphatic carbocycles. The van der Waals surface area contributed by atoms with Crippen molar-refractivity contribution in [3.05, 3.63) is 139 Å². The number of aryl methyl sites for hydroxylation is 1. The van der Waals surface area contributed by atoms with Gasteiger partial charge in [-0.25, -0.2) is 0 Å². The Bertz CT molecular complexity index is 3690. The van der Waals surface area contributed by atoms with E-state index in [2.05, 4.69) is 46.2 Å². The van der Waals surface area contributed by atoms with E-state index in [1.54, 1.807) is 67.8 Å². The van der Waals surface area contributed by atoms with Gasteiger partial charge in [0, 0.05) is 28.9 Å². The van der Waals surface area contributed by atoms with Crippen molar-refractivity contribution < 1.29 is 70.2 Å². The molecule has 0 aliphatic heterocycles. The minimum absolute atomic E-state index is 0.00529. The summed E-state index contributed by atoms with van der Waals surface area (Å²) in [5.74, 6) is 1.58. The predicted octanol–water partition coefficient (Wildman–Crippen LogP) is 11.7. The van der Waals surface area contributed by atoms with Crippen LogP contribution in [0.3, 0.4) is 0 Å². The van der Waals surface area contributed by atoms with Crippen LogP contribution in [-0.2, 0) is 41.9 Å². The summed E-state index contributed by atoms with van der Waals surface area (Å²) in [6, 6.07) is 38.1. The van der Waals surface area contributed by atoms with Gasteiger partial charge in [-0.3, -0.25) is 4.55 Å². The van der Waals surface area contributed by atoms with E-state index in [0.717, 1.165) is 40.9 Å². The van der Waals surface area contributed by atoms with Gasteiger partial charge in [-0.1, -0.05) is 31.5 Å². The lowest BCUT2D eigenvalue weighted by Crippen LogP contribution is -1.97. The molecule has 29 heteroatoms. The first-order chi connectivity index (χ1) is 36.2. The number of unbranched alkanes of at least 4 members (excludes halogenated alkanes) is 1. The first kappa shape index (κ1) is 59.5. The summed E-state index contributed by atoms with van der Waals surface area (Å²) >= 11 is 0. The van der Waals surface area contributed by atoms with E-state index in [9.17, 15) is 18.1 Å². The topological polar surface area (TPSA) is 367 Å². The maximum Gasteiger partial charge on any atom is 0.425 e. The first-order valence-electron chi connectivity index (χ1n) is 21.5. The van der Waals surface area contributed by atoms with Crippen LogP contribution in [0.15, 0.2) is 179 Å². The van der Waals surface area contributed by atoms with Crippen molar-refractivity contribution in [2.75, 3.05) is 26.1 Å². The quantitative estimate of drug-likeness (QED) is 0.0433. The third kappa shape index (κ3) is 19.8. The molecule has 25 nitrogen and oxygen atoms in total. The summed E-state index contributed by atoms with van der Waals surface area (Å²) in [4.78, 5) is -0.356. The SMILES string of the molecule is CCCCOc1cc(N=Nc2ccc(N=Nc3ccc(N=Nc4ccc5cc(Nc6ccc(OC)cc6)ccc5c4O)c(OC)c3)cc2C)ccc1N=Nc1ccccc1S(=O)(=O)O.O=S(=O)=O.O=S(=O)=O.O=S(=O)=O. The Balaban J connectivity index is 0.000000941. The molecule has 0 unspecified atom stereocenters. The number of aromatic hydroxyl groups is 1. The zero-order valence-electron chi connectivity index (χ0n) is 40.1. The Morgan fingerprint density at radius 2 is 1.01 bits per heavy atom. The van der Waals surface area contributed by atoms with Gasteiger partial charge in [0.2, 0.25) is 0 Å². The maximum atomic E-state index is 11.8. The molecular weight excluding hydrogens is 1070 g/mol. The van der Waals surface area contributed by atoms with Gasteiger partial charge in [0.15, 0.2) is 5.75 Å². The van der Waals surface area contributed by atoms with Gasteiger partial charge in [0.25, 0.3) is 10.1 Å². The Labute approximate surface area is 438 Å². The Morgan fingerprint density at radius 1 is 0.526 bits per heavy atom. The Kier molecular flexibility index (Phi) is 23.2. The number of benzene rings is 7. The fourth-order valence-electron chi connectivity index (χ4n) is 6.22. The largest absolute Gasteiger partial charge is 0.505 e. The third-order valence-corrected chi connectivity index (χ3v) is 10.5. The second-order valence-electron chi connectivity index (χ2n) is 14.8. The van der Waals surface area contributed by atoms with Crippen LogP contribution >= 0.6 is 0 Å². The Hall–Kier alpha value is -9.03. The summed E-state index contributed by atoms with van der Waals surface area (Å²) in [6.07, 6.45) is 1.71. The molecule has 0 fully saturated rings. The molecule has 0 heterocycles. The normalized spacial score (nSPS) is 11.0. The van der Waals surface area contributed by atoms with Crippen molar-refractivity contribution in [3.63, 3.8) is 0 Å². The molecule has 3 N–H and O–H groups in total. The Morgan fingerprint density at radius 3 is 1.58 bits per heavy atom. The fraction of sp³-hybridized carbons (Fsp3) is 0.149. The van der Waals surface area contributed by atoms with Crippen molar-refractivity contribution in [2.45, 2.75) is 31.6 Å². The zero-order valence-corrected chi connectivity index (χ0v) is 43.4. The smallest absolute Gasteiger partial charge is 0.425 e. The van der Waals surface area contributed by atoms with Crippen molar-refractivity contribution in [1.29, 1.82) is 0 Å². The standard InChI is InChI=1S/C47H43N9O7S.3O3S/c1-5-6-25-63-45-29-36(17-24-41(45)54-55-42-9-7-8-10-46(42)64(58,59)60)51-52-39-22-15-34(26-30(39)2)49-50-35-16-23-40(44(28-35)62-4)53-56-43-21-11-31-27-33(14-20-38(31)47(43)57)48-32-12-18-37(61-3)19-13-32;3*1-4(2)3/h7-24,26-29,48,57H,5-6,25H2,1-4H3,(H,58,59,60);;;. The molecule has 0 radical (unpaired) electrons. The minimum atomic E-state index is -4.50. The van der Waals surface area contributed by atoms with Gasteiger partial charge in [-0.2, -0.15) is 28.9 Å². The molecule has 0 aromatic heterocycles. The number of hydrogen-bond acceptors (Lipinski definition) is 24. The molecule has 7 aromatic carbocycles. The predicted molar refractivity (Wildman–Crippen MR) is 275 cm³/mol. The van der Waals surface area contributed by atoms with E-state index in [1.165, 1.54) is 25.3 Å². The van der Waals surface area contributed by atoms with Crippen LogP contribution < -0.4 is 19.5 Å². The number of ether oxygens (including phenoxy) is 3. The summed E-state index contributed by atoms with van der Waals surface area (Å²) in [5.41, 5.74) is 5.85. The lowest BCUT2D eigenvalue weighted by atomic mass is 10.1. The van der Waals surface area contributed by atoms with Crippen molar-refractivity contribution in [2.24, 2.45) is 40.9 Å². The van der Waals surface area contributed by atoms with Gasteiger partial charge in [0.05, 0.1) is 43.6 Å². The highest BCUT2D eigenvalue weighted by Crippen LogP contribution is 2.40. The number of fused-ring (bicyclic) bond motifs is 1. The molecule has 7 rings (SSSR count). The molecule has 0 atom stereocenters. The van der Waals surface area contributed by atoms with E-state index in [1.807, 2.05) is 68.4 Å². The minimum Gasteiger partial charge on any atom is -0.505 e. The first-order valence-corrected chi connectivity index (χ1v) is 25.9. The molecule has 0 bridgehead atoms. The maximum absolute atomic E-state index is 11.8. The van der Waals surface area contributed by atoms with Crippen LogP contribution in [0.5, 0.6) is 23.0 Å². The van der Waals surface area contributed by atoms with E-state index in [-0.39, 0.29) is 16.3 Å². The summed E-state index contributed by atoms with van der Waals surface area (Å²) in [6.45, 7) is 4.35. The number of rotatable bonds is 17. The monoisotopic (exact) mass is 1120 g/mol. The second-order valence-corrected chi connectivity index (χ2v) is 17.4. The number of methoxy groups -OCH3 is 2. The van der Waals surface area contributed by atoms with E-state index >= 15 is 0 Å². The molecule has 0 spiro atoms. The lowest BCUT2D eigenvalue weighted by molar-refractivity contribution is 0.310. The molecule has 396 valence electrons. The van der Waals surface area contributed by atoms with Gasteiger partial charge < -0.3 is 24.6 Å². The second kappa shape index (κ2) is 29.6.